The SMILES string of the molecule is CCCCCCCN(CCCCCCC)S(=O)(=O)C(C#N)CCCC. The highest BCUT2D eigenvalue weighted by atomic mass is 32.2. The lowest BCUT2D eigenvalue weighted by Gasteiger charge is -2.25. The summed E-state index contributed by atoms with van der Waals surface area (Å²) in [7, 11) is -3.50. The molecule has 0 fully saturated rings. The van der Waals surface area contributed by atoms with Crippen LogP contribution in [0.25, 0.3) is 0 Å². The van der Waals surface area contributed by atoms with Crippen LogP contribution in [-0.4, -0.2) is 31.1 Å². The predicted molar refractivity (Wildman–Crippen MR) is 107 cm³/mol. The van der Waals surface area contributed by atoms with E-state index in [0.717, 1.165) is 38.5 Å². The Morgan fingerprint density at radius 1 is 0.760 bits per heavy atom. The van der Waals surface area contributed by atoms with E-state index in [1.165, 1.54) is 38.5 Å². The highest BCUT2D eigenvalue weighted by molar-refractivity contribution is 7.90. The Labute approximate surface area is 157 Å². The van der Waals surface area contributed by atoms with Gasteiger partial charge in [-0.1, -0.05) is 85.0 Å². The van der Waals surface area contributed by atoms with Gasteiger partial charge in [0.2, 0.25) is 10.0 Å². The van der Waals surface area contributed by atoms with E-state index in [1.54, 1.807) is 4.31 Å². The smallest absolute Gasteiger partial charge is 0.211 e. The van der Waals surface area contributed by atoms with E-state index in [1.807, 2.05) is 13.0 Å². The normalized spacial score (nSPS) is 13.1. The van der Waals surface area contributed by atoms with E-state index >= 15 is 0 Å². The van der Waals surface area contributed by atoms with Crippen molar-refractivity contribution in [3.8, 4) is 6.07 Å². The van der Waals surface area contributed by atoms with Gasteiger partial charge in [-0.15, -0.1) is 0 Å². The van der Waals surface area contributed by atoms with Crippen molar-refractivity contribution in [2.24, 2.45) is 0 Å². The van der Waals surface area contributed by atoms with E-state index in [9.17, 15) is 13.7 Å². The first-order chi connectivity index (χ1) is 12.0. The maximum absolute atomic E-state index is 12.9. The maximum atomic E-state index is 12.9. The lowest BCUT2D eigenvalue weighted by Crippen LogP contribution is -2.39. The molecule has 0 N–H and O–H groups in total. The number of sulfonamides is 1. The molecule has 0 saturated carbocycles. The second-order valence-corrected chi connectivity index (χ2v) is 9.15. The molecule has 0 spiro atoms. The minimum atomic E-state index is -3.50. The summed E-state index contributed by atoms with van der Waals surface area (Å²) >= 11 is 0. The summed E-state index contributed by atoms with van der Waals surface area (Å²) in [5.41, 5.74) is 0. The fourth-order valence-electron chi connectivity index (χ4n) is 3.00. The summed E-state index contributed by atoms with van der Waals surface area (Å²) in [6, 6.07) is 2.05. The monoisotopic (exact) mass is 372 g/mol. The molecule has 0 rings (SSSR count). The molecule has 0 aromatic carbocycles. The Bertz CT molecular complexity index is 429. The molecular formula is C20H40N2O2S. The minimum absolute atomic E-state index is 0.456. The van der Waals surface area contributed by atoms with Gasteiger partial charge in [0.25, 0.3) is 0 Å². The summed E-state index contributed by atoms with van der Waals surface area (Å²) < 4.78 is 27.4. The first-order valence-corrected chi connectivity index (χ1v) is 11.9. The number of nitriles is 1. The van der Waals surface area contributed by atoms with E-state index < -0.39 is 15.3 Å². The van der Waals surface area contributed by atoms with Crippen molar-refractivity contribution in [1.82, 2.24) is 4.31 Å². The Morgan fingerprint density at radius 2 is 1.20 bits per heavy atom. The Morgan fingerprint density at radius 3 is 1.60 bits per heavy atom. The third-order valence-corrected chi connectivity index (χ3v) is 6.85. The first-order valence-electron chi connectivity index (χ1n) is 10.4. The van der Waals surface area contributed by atoms with Gasteiger partial charge in [-0.3, -0.25) is 0 Å². The number of rotatable bonds is 17. The zero-order valence-electron chi connectivity index (χ0n) is 16.8. The molecule has 5 heteroatoms. The summed E-state index contributed by atoms with van der Waals surface area (Å²) in [5, 5.41) is 8.49. The molecule has 0 aliphatic heterocycles. The van der Waals surface area contributed by atoms with Gasteiger partial charge < -0.3 is 0 Å². The van der Waals surface area contributed by atoms with E-state index in [0.29, 0.717) is 19.5 Å². The van der Waals surface area contributed by atoms with Crippen molar-refractivity contribution in [3.63, 3.8) is 0 Å². The van der Waals surface area contributed by atoms with Crippen LogP contribution in [-0.2, 0) is 10.0 Å². The number of nitrogens with zero attached hydrogens (tertiary/aromatic N) is 2. The molecule has 25 heavy (non-hydrogen) atoms. The third-order valence-electron chi connectivity index (χ3n) is 4.71. The summed E-state index contributed by atoms with van der Waals surface area (Å²) in [6.07, 6.45) is 13.2. The van der Waals surface area contributed by atoms with Crippen LogP contribution < -0.4 is 0 Å². The van der Waals surface area contributed by atoms with Crippen molar-refractivity contribution < 1.29 is 8.42 Å². The predicted octanol–water partition coefficient (Wildman–Crippen LogP) is 5.64. The van der Waals surface area contributed by atoms with Crippen molar-refractivity contribution in [1.29, 1.82) is 5.26 Å². The molecular weight excluding hydrogens is 332 g/mol. The molecule has 0 radical (unpaired) electrons. The fraction of sp³-hybridized carbons (Fsp3) is 0.950. The average molecular weight is 373 g/mol. The zero-order chi connectivity index (χ0) is 19.0. The minimum Gasteiger partial charge on any atom is -0.211 e. The Hall–Kier alpha value is -0.600. The van der Waals surface area contributed by atoms with Crippen LogP contribution in [0.1, 0.15) is 104 Å². The van der Waals surface area contributed by atoms with Crippen LogP contribution in [0.4, 0.5) is 0 Å². The van der Waals surface area contributed by atoms with Gasteiger partial charge >= 0.3 is 0 Å². The molecule has 4 nitrogen and oxygen atoms in total. The van der Waals surface area contributed by atoms with Crippen LogP contribution in [0.3, 0.4) is 0 Å². The van der Waals surface area contributed by atoms with Crippen molar-refractivity contribution >= 4 is 10.0 Å². The molecule has 0 aromatic rings. The largest absolute Gasteiger partial charge is 0.230 e. The van der Waals surface area contributed by atoms with E-state index in [4.69, 9.17) is 0 Å². The topological polar surface area (TPSA) is 61.2 Å². The summed E-state index contributed by atoms with van der Waals surface area (Å²) in [5.74, 6) is 0. The number of hydrogen-bond donors (Lipinski definition) is 0. The molecule has 0 aliphatic rings. The molecule has 0 aromatic heterocycles. The molecule has 0 saturated heterocycles. The molecule has 0 aliphatic carbocycles. The van der Waals surface area contributed by atoms with Crippen molar-refractivity contribution in [2.45, 2.75) is 109 Å². The van der Waals surface area contributed by atoms with Crippen LogP contribution in [0.5, 0.6) is 0 Å². The van der Waals surface area contributed by atoms with Crippen LogP contribution >= 0.6 is 0 Å². The lowest BCUT2D eigenvalue weighted by atomic mass is 10.1. The standard InChI is InChI=1S/C20H40N2O2S/c1-4-7-10-12-14-17-22(18-15-13-11-8-5-2)25(23,24)20(19-21)16-9-6-3/h20H,4-18H2,1-3H3. The fourth-order valence-corrected chi connectivity index (χ4v) is 4.72. The molecule has 1 atom stereocenters. The molecule has 1 unspecified atom stereocenters. The van der Waals surface area contributed by atoms with Gasteiger partial charge in [0.1, 0.15) is 0 Å². The molecule has 0 bridgehead atoms. The zero-order valence-corrected chi connectivity index (χ0v) is 17.6. The number of unbranched alkanes of at least 4 members (excludes halogenated alkanes) is 9. The highest BCUT2D eigenvalue weighted by Crippen LogP contribution is 2.18. The van der Waals surface area contributed by atoms with Gasteiger partial charge in [0, 0.05) is 13.1 Å². The van der Waals surface area contributed by atoms with Gasteiger partial charge in [0.05, 0.1) is 6.07 Å². The van der Waals surface area contributed by atoms with Gasteiger partial charge in [-0.2, -0.15) is 5.26 Å². The maximum Gasteiger partial charge on any atom is 0.230 e. The average Bonchev–Trinajstić information content (AvgIpc) is 2.59. The number of hydrogen-bond acceptors (Lipinski definition) is 3. The first kappa shape index (κ1) is 24.4. The van der Waals surface area contributed by atoms with Crippen molar-refractivity contribution in [2.75, 3.05) is 13.1 Å². The van der Waals surface area contributed by atoms with Crippen LogP contribution in [0, 0.1) is 11.3 Å². The Kier molecular flexibility index (Phi) is 15.3. The van der Waals surface area contributed by atoms with Gasteiger partial charge in [-0.25, -0.2) is 12.7 Å². The Balaban J connectivity index is 4.72. The summed E-state index contributed by atoms with van der Waals surface area (Å²) in [6.45, 7) is 7.53. The summed E-state index contributed by atoms with van der Waals surface area (Å²) in [4.78, 5) is 0. The third kappa shape index (κ3) is 10.9. The molecule has 0 amide bonds. The lowest BCUT2D eigenvalue weighted by molar-refractivity contribution is 0.380. The second kappa shape index (κ2) is 15.6. The van der Waals surface area contributed by atoms with E-state index in [-0.39, 0.29) is 0 Å². The van der Waals surface area contributed by atoms with Gasteiger partial charge in [0.15, 0.2) is 5.25 Å². The van der Waals surface area contributed by atoms with Gasteiger partial charge in [-0.05, 0) is 19.3 Å². The highest BCUT2D eigenvalue weighted by Gasteiger charge is 2.31. The van der Waals surface area contributed by atoms with Crippen molar-refractivity contribution in [3.05, 3.63) is 0 Å². The van der Waals surface area contributed by atoms with Crippen LogP contribution in [0.2, 0.25) is 0 Å². The molecule has 0 heterocycles. The van der Waals surface area contributed by atoms with Crippen LogP contribution in [0.15, 0.2) is 0 Å². The van der Waals surface area contributed by atoms with E-state index in [2.05, 4.69) is 13.8 Å². The quantitative estimate of drug-likeness (QED) is 0.310. The second-order valence-electron chi connectivity index (χ2n) is 7.03. The molecule has 148 valence electrons.